The number of hydrogen-bond acceptors (Lipinski definition) is 4. The van der Waals surface area contributed by atoms with Crippen LogP contribution in [0.2, 0.25) is 0 Å². The van der Waals surface area contributed by atoms with Crippen LogP contribution in [0.5, 0.6) is 0 Å². The summed E-state index contributed by atoms with van der Waals surface area (Å²) in [6.45, 7) is 4.71. The first kappa shape index (κ1) is 33.5. The Labute approximate surface area is 330 Å². The molecule has 0 spiro atoms. The Hall–Kier alpha value is -6.88. The van der Waals surface area contributed by atoms with Crippen LogP contribution in [0.25, 0.3) is 82.6 Å². The fourth-order valence-electron chi connectivity index (χ4n) is 9.13. The quantitative estimate of drug-likeness (QED) is 0.160. The summed E-state index contributed by atoms with van der Waals surface area (Å²) in [5.41, 5.74) is 22.3. The van der Waals surface area contributed by atoms with Crippen LogP contribution in [0, 0.1) is 0 Å². The Morgan fingerprint density at radius 2 is 1.26 bits per heavy atom. The van der Waals surface area contributed by atoms with Crippen LogP contribution in [-0.4, -0.2) is 0 Å². The molecule has 10 aromatic rings. The molecule has 8 aromatic carbocycles. The Bertz CT molecular complexity index is 3240. The summed E-state index contributed by atoms with van der Waals surface area (Å²) in [5, 5.41) is 10.5. The molecule has 2 heterocycles. The zero-order chi connectivity index (χ0) is 38.3. The molecule has 0 amide bonds. The van der Waals surface area contributed by atoms with Gasteiger partial charge in [-0.15, -0.1) is 0 Å². The van der Waals surface area contributed by atoms with Gasteiger partial charge in [0.2, 0.25) is 0 Å². The molecule has 3 N–H and O–H groups in total. The van der Waals surface area contributed by atoms with Crippen molar-refractivity contribution in [1.82, 2.24) is 5.32 Å². The third-order valence-corrected chi connectivity index (χ3v) is 12.1. The minimum atomic E-state index is -0.394. The second-order valence-corrected chi connectivity index (χ2v) is 15.9. The molecule has 1 atom stereocenters. The molecule has 1 aliphatic carbocycles. The van der Waals surface area contributed by atoms with E-state index in [2.05, 4.69) is 153 Å². The number of furan rings is 2. The van der Waals surface area contributed by atoms with Crippen molar-refractivity contribution in [2.75, 3.05) is 0 Å². The first-order valence-electron chi connectivity index (χ1n) is 19.7. The summed E-state index contributed by atoms with van der Waals surface area (Å²) in [6.07, 6.45) is 2.57. The molecule has 2 aromatic heterocycles. The van der Waals surface area contributed by atoms with Crippen molar-refractivity contribution >= 4 is 60.3 Å². The molecular weight excluding hydrogens is 697 g/mol. The van der Waals surface area contributed by atoms with Gasteiger partial charge in [0.25, 0.3) is 0 Å². The van der Waals surface area contributed by atoms with E-state index in [4.69, 9.17) is 14.6 Å². The second-order valence-electron chi connectivity index (χ2n) is 15.9. The van der Waals surface area contributed by atoms with E-state index in [-0.39, 0.29) is 5.41 Å². The van der Waals surface area contributed by atoms with Crippen LogP contribution in [-0.2, 0) is 11.8 Å². The van der Waals surface area contributed by atoms with Crippen LogP contribution in [0.4, 0.5) is 0 Å². The summed E-state index contributed by atoms with van der Waals surface area (Å²) in [6, 6.07) is 58.2. The standard InChI is InChI=1S/C53H40N2O2/c1-53(2)44-20-11-19-38(51(44)43-28-34-14-6-7-15-35(34)29-45(43)53)36-16-10-17-37(27-36)46(55-52(54)33-12-4-3-5-13-33)24-22-32-23-25-48-40(26-32)42-31-49-41(30-50(42)57-48)39-18-8-9-21-47(39)56-49/h3-21,23-31,52,55H,22,54H2,1-2H3/b46-24-. The maximum atomic E-state index is 6.88. The van der Waals surface area contributed by atoms with Gasteiger partial charge in [0.05, 0.1) is 0 Å². The Morgan fingerprint density at radius 3 is 2.09 bits per heavy atom. The lowest BCUT2D eigenvalue weighted by molar-refractivity contribution is 0.661. The highest BCUT2D eigenvalue weighted by molar-refractivity contribution is 6.14. The second kappa shape index (κ2) is 12.8. The molecule has 0 saturated carbocycles. The summed E-state index contributed by atoms with van der Waals surface area (Å²) in [5.74, 6) is 0. The molecular formula is C53H40N2O2. The minimum absolute atomic E-state index is 0.114. The highest BCUT2D eigenvalue weighted by atomic mass is 16.3. The zero-order valence-corrected chi connectivity index (χ0v) is 31.8. The molecule has 4 nitrogen and oxygen atoms in total. The maximum absolute atomic E-state index is 6.88. The fraction of sp³-hybridized carbons (Fsp3) is 0.0943. The first-order valence-corrected chi connectivity index (χ1v) is 19.7. The average Bonchev–Trinajstić information content (AvgIpc) is 3.87. The fourth-order valence-corrected chi connectivity index (χ4v) is 9.13. The van der Waals surface area contributed by atoms with Gasteiger partial charge >= 0.3 is 0 Å². The molecule has 4 heteroatoms. The van der Waals surface area contributed by atoms with E-state index >= 15 is 0 Å². The lowest BCUT2D eigenvalue weighted by Crippen LogP contribution is -2.27. The highest BCUT2D eigenvalue weighted by Crippen LogP contribution is 2.53. The van der Waals surface area contributed by atoms with Crippen molar-refractivity contribution < 1.29 is 8.83 Å². The van der Waals surface area contributed by atoms with Gasteiger partial charge in [-0.05, 0) is 116 Å². The van der Waals surface area contributed by atoms with Gasteiger partial charge in [-0.25, -0.2) is 0 Å². The van der Waals surface area contributed by atoms with Crippen LogP contribution < -0.4 is 11.1 Å². The number of nitrogens with one attached hydrogen (secondary N) is 1. The van der Waals surface area contributed by atoms with Crippen LogP contribution in [0.3, 0.4) is 0 Å². The summed E-state index contributed by atoms with van der Waals surface area (Å²) in [4.78, 5) is 0. The van der Waals surface area contributed by atoms with Gasteiger partial charge in [-0.1, -0.05) is 135 Å². The molecule has 0 radical (unpaired) electrons. The van der Waals surface area contributed by atoms with Crippen molar-refractivity contribution in [2.24, 2.45) is 5.73 Å². The smallest absolute Gasteiger partial charge is 0.136 e. The molecule has 11 rings (SSSR count). The third-order valence-electron chi connectivity index (χ3n) is 12.1. The molecule has 0 saturated heterocycles. The van der Waals surface area contributed by atoms with Crippen molar-refractivity contribution in [1.29, 1.82) is 0 Å². The van der Waals surface area contributed by atoms with Crippen LogP contribution in [0.1, 0.15) is 47.8 Å². The van der Waals surface area contributed by atoms with Crippen LogP contribution >= 0.6 is 0 Å². The van der Waals surface area contributed by atoms with E-state index in [0.29, 0.717) is 6.42 Å². The number of nitrogens with two attached hydrogens (primary N) is 1. The van der Waals surface area contributed by atoms with E-state index in [1.807, 2.05) is 36.4 Å². The monoisotopic (exact) mass is 736 g/mol. The SMILES string of the molecule is CC1(C)c2cc3ccccc3cc2-c2c(-c3cccc(/C(=C/Cc4ccc5oc6cc7c(cc6c5c4)oc4ccccc47)NC(N)c4ccccc4)c3)cccc21. The lowest BCUT2D eigenvalue weighted by atomic mass is 9.81. The number of benzene rings is 8. The van der Waals surface area contributed by atoms with Gasteiger partial charge in [0.1, 0.15) is 28.5 Å². The molecule has 0 aliphatic heterocycles. The summed E-state index contributed by atoms with van der Waals surface area (Å²) in [7, 11) is 0. The van der Waals surface area contributed by atoms with Gasteiger partial charge in [-0.3, -0.25) is 0 Å². The molecule has 57 heavy (non-hydrogen) atoms. The predicted octanol–water partition coefficient (Wildman–Crippen LogP) is 13.4. The van der Waals surface area contributed by atoms with Crippen molar-refractivity contribution in [3.63, 3.8) is 0 Å². The predicted molar refractivity (Wildman–Crippen MR) is 236 cm³/mol. The summed E-state index contributed by atoms with van der Waals surface area (Å²) >= 11 is 0. The molecule has 0 bridgehead atoms. The van der Waals surface area contributed by atoms with Crippen molar-refractivity contribution in [3.05, 3.63) is 198 Å². The van der Waals surface area contributed by atoms with Gasteiger partial charge < -0.3 is 19.9 Å². The van der Waals surface area contributed by atoms with E-state index in [1.54, 1.807) is 0 Å². The maximum Gasteiger partial charge on any atom is 0.136 e. The van der Waals surface area contributed by atoms with Gasteiger partial charge in [0, 0.05) is 32.7 Å². The van der Waals surface area contributed by atoms with E-state index in [0.717, 1.165) is 60.7 Å². The molecule has 0 fully saturated rings. The average molecular weight is 737 g/mol. The van der Waals surface area contributed by atoms with Crippen molar-refractivity contribution in [3.8, 4) is 22.3 Å². The first-order chi connectivity index (χ1) is 27.9. The van der Waals surface area contributed by atoms with Crippen molar-refractivity contribution in [2.45, 2.75) is 31.8 Å². The topological polar surface area (TPSA) is 64.3 Å². The summed E-state index contributed by atoms with van der Waals surface area (Å²) < 4.78 is 12.6. The van der Waals surface area contributed by atoms with E-state index in [9.17, 15) is 0 Å². The van der Waals surface area contributed by atoms with Crippen LogP contribution in [0.15, 0.2) is 179 Å². The molecule has 1 unspecified atom stereocenters. The van der Waals surface area contributed by atoms with E-state index in [1.165, 1.54) is 49.7 Å². The Morgan fingerprint density at radius 1 is 0.579 bits per heavy atom. The van der Waals surface area contributed by atoms with Gasteiger partial charge in [0.15, 0.2) is 0 Å². The van der Waals surface area contributed by atoms with Gasteiger partial charge in [-0.2, -0.15) is 0 Å². The Balaban J connectivity index is 0.998. The molecule has 274 valence electrons. The number of allylic oxidation sites excluding steroid dienone is 1. The highest BCUT2D eigenvalue weighted by Gasteiger charge is 2.37. The normalized spacial score (nSPS) is 14.1. The third kappa shape index (κ3) is 5.48. The molecule has 1 aliphatic rings. The number of para-hydroxylation sites is 1. The minimum Gasteiger partial charge on any atom is -0.456 e. The number of rotatable bonds is 7. The Kier molecular flexibility index (Phi) is 7.54. The lowest BCUT2D eigenvalue weighted by Gasteiger charge is -2.22. The zero-order valence-electron chi connectivity index (χ0n) is 31.8. The number of fused-ring (bicyclic) bond motifs is 10. The largest absolute Gasteiger partial charge is 0.456 e. The number of hydrogen-bond donors (Lipinski definition) is 2. The van der Waals surface area contributed by atoms with E-state index < -0.39 is 6.17 Å².